The number of hydrogen-bond acceptors (Lipinski definition) is 3. The molecule has 0 aliphatic carbocycles. The Morgan fingerprint density at radius 2 is 1.40 bits per heavy atom. The standard InChI is InChI=1S/C17H21NO2/c1-12-8-13(2)10-16(9-12)20-7-6-19-15-5-4-14(3)17(18)11-15/h4-5,8-11H,6-7,18H2,1-3H3. The lowest BCUT2D eigenvalue weighted by Crippen LogP contribution is -2.09. The minimum absolute atomic E-state index is 0.496. The third-order valence-electron chi connectivity index (χ3n) is 3.07. The van der Waals surface area contributed by atoms with Crippen molar-refractivity contribution in [1.82, 2.24) is 0 Å². The van der Waals surface area contributed by atoms with Gasteiger partial charge in [-0.2, -0.15) is 0 Å². The first-order valence-electron chi connectivity index (χ1n) is 6.74. The van der Waals surface area contributed by atoms with Gasteiger partial charge in [-0.1, -0.05) is 12.1 Å². The van der Waals surface area contributed by atoms with Crippen LogP contribution in [0.4, 0.5) is 5.69 Å². The number of hydrogen-bond donors (Lipinski definition) is 1. The van der Waals surface area contributed by atoms with Crippen LogP contribution in [0.2, 0.25) is 0 Å². The van der Waals surface area contributed by atoms with Crippen LogP contribution in [0.25, 0.3) is 0 Å². The molecule has 0 saturated heterocycles. The van der Waals surface area contributed by atoms with Crippen molar-refractivity contribution in [3.05, 3.63) is 53.1 Å². The number of nitrogen functional groups attached to an aromatic ring is 1. The van der Waals surface area contributed by atoms with E-state index in [1.807, 2.05) is 37.3 Å². The van der Waals surface area contributed by atoms with Crippen LogP contribution in [0, 0.1) is 20.8 Å². The first kappa shape index (κ1) is 14.3. The Morgan fingerprint density at radius 1 is 0.800 bits per heavy atom. The minimum atomic E-state index is 0.496. The minimum Gasteiger partial charge on any atom is -0.490 e. The molecule has 3 heteroatoms. The summed E-state index contributed by atoms with van der Waals surface area (Å²) in [5.41, 5.74) is 10.0. The normalized spacial score (nSPS) is 10.3. The molecule has 20 heavy (non-hydrogen) atoms. The van der Waals surface area contributed by atoms with E-state index in [4.69, 9.17) is 15.2 Å². The highest BCUT2D eigenvalue weighted by Gasteiger charge is 2.00. The van der Waals surface area contributed by atoms with Gasteiger partial charge in [0.05, 0.1) is 0 Å². The largest absolute Gasteiger partial charge is 0.490 e. The predicted molar refractivity (Wildman–Crippen MR) is 82.5 cm³/mol. The van der Waals surface area contributed by atoms with Gasteiger partial charge in [0.25, 0.3) is 0 Å². The second-order valence-corrected chi connectivity index (χ2v) is 5.04. The van der Waals surface area contributed by atoms with E-state index in [1.54, 1.807) is 0 Å². The van der Waals surface area contributed by atoms with Crippen LogP contribution in [0.15, 0.2) is 36.4 Å². The van der Waals surface area contributed by atoms with Gasteiger partial charge in [-0.25, -0.2) is 0 Å². The van der Waals surface area contributed by atoms with E-state index in [-0.39, 0.29) is 0 Å². The van der Waals surface area contributed by atoms with Gasteiger partial charge in [0.15, 0.2) is 0 Å². The summed E-state index contributed by atoms with van der Waals surface area (Å²) in [6, 6.07) is 11.9. The Kier molecular flexibility index (Phi) is 4.51. The molecule has 2 N–H and O–H groups in total. The summed E-state index contributed by atoms with van der Waals surface area (Å²) < 4.78 is 11.3. The maximum absolute atomic E-state index is 5.84. The first-order valence-corrected chi connectivity index (χ1v) is 6.74. The number of benzene rings is 2. The van der Waals surface area contributed by atoms with Gasteiger partial charge in [-0.3, -0.25) is 0 Å². The fourth-order valence-corrected chi connectivity index (χ4v) is 2.04. The SMILES string of the molecule is Cc1cc(C)cc(OCCOc2ccc(C)c(N)c2)c1. The molecule has 0 radical (unpaired) electrons. The average molecular weight is 271 g/mol. The molecule has 2 aromatic rings. The Morgan fingerprint density at radius 3 is 2.00 bits per heavy atom. The molecule has 0 aromatic heterocycles. The second kappa shape index (κ2) is 6.33. The lowest BCUT2D eigenvalue weighted by atomic mass is 10.1. The van der Waals surface area contributed by atoms with E-state index in [9.17, 15) is 0 Å². The Hall–Kier alpha value is -2.16. The molecule has 0 heterocycles. The zero-order valence-electron chi connectivity index (χ0n) is 12.3. The van der Waals surface area contributed by atoms with Crippen molar-refractivity contribution in [3.8, 4) is 11.5 Å². The monoisotopic (exact) mass is 271 g/mol. The molecule has 2 aromatic carbocycles. The summed E-state index contributed by atoms with van der Waals surface area (Å²) >= 11 is 0. The lowest BCUT2D eigenvalue weighted by molar-refractivity contribution is 0.217. The number of ether oxygens (including phenoxy) is 2. The second-order valence-electron chi connectivity index (χ2n) is 5.04. The Labute approximate surface area is 120 Å². The molecule has 0 saturated carbocycles. The molecule has 106 valence electrons. The van der Waals surface area contributed by atoms with Gasteiger partial charge >= 0.3 is 0 Å². The molecule has 0 unspecified atom stereocenters. The highest BCUT2D eigenvalue weighted by atomic mass is 16.5. The van der Waals surface area contributed by atoms with E-state index < -0.39 is 0 Å². The number of nitrogens with two attached hydrogens (primary N) is 1. The zero-order valence-corrected chi connectivity index (χ0v) is 12.3. The molecule has 0 spiro atoms. The summed E-state index contributed by atoms with van der Waals surface area (Å²) in [6.45, 7) is 7.10. The van der Waals surface area contributed by atoms with Gasteiger partial charge in [-0.05, 0) is 55.7 Å². The van der Waals surface area contributed by atoms with Crippen molar-refractivity contribution in [2.24, 2.45) is 0 Å². The molecule has 0 bridgehead atoms. The maximum Gasteiger partial charge on any atom is 0.122 e. The Bertz CT molecular complexity index is 573. The van der Waals surface area contributed by atoms with Crippen LogP contribution >= 0.6 is 0 Å². The molecular weight excluding hydrogens is 250 g/mol. The highest BCUT2D eigenvalue weighted by Crippen LogP contribution is 2.19. The van der Waals surface area contributed by atoms with Crippen LogP contribution in [-0.4, -0.2) is 13.2 Å². The van der Waals surface area contributed by atoms with Crippen LogP contribution in [0.5, 0.6) is 11.5 Å². The number of rotatable bonds is 5. The van der Waals surface area contributed by atoms with Crippen molar-refractivity contribution < 1.29 is 9.47 Å². The van der Waals surface area contributed by atoms with Crippen molar-refractivity contribution in [2.75, 3.05) is 18.9 Å². The molecular formula is C17H21NO2. The van der Waals surface area contributed by atoms with Crippen LogP contribution in [0.3, 0.4) is 0 Å². The van der Waals surface area contributed by atoms with Crippen molar-refractivity contribution >= 4 is 5.69 Å². The van der Waals surface area contributed by atoms with Crippen LogP contribution in [-0.2, 0) is 0 Å². The van der Waals surface area contributed by atoms with Gasteiger partial charge in [-0.15, -0.1) is 0 Å². The van der Waals surface area contributed by atoms with E-state index >= 15 is 0 Å². The van der Waals surface area contributed by atoms with Gasteiger partial charge in [0.1, 0.15) is 24.7 Å². The molecule has 3 nitrogen and oxygen atoms in total. The first-order chi connectivity index (χ1) is 9.54. The number of anilines is 1. The fraction of sp³-hybridized carbons (Fsp3) is 0.294. The average Bonchev–Trinajstić information content (AvgIpc) is 2.38. The van der Waals surface area contributed by atoms with E-state index in [0.29, 0.717) is 13.2 Å². The van der Waals surface area contributed by atoms with Gasteiger partial charge in [0, 0.05) is 11.8 Å². The zero-order chi connectivity index (χ0) is 14.5. The summed E-state index contributed by atoms with van der Waals surface area (Å²) in [4.78, 5) is 0. The lowest BCUT2D eigenvalue weighted by Gasteiger charge is -2.10. The van der Waals surface area contributed by atoms with Crippen LogP contribution < -0.4 is 15.2 Å². The van der Waals surface area contributed by atoms with E-state index in [0.717, 1.165) is 22.7 Å². The summed E-state index contributed by atoms with van der Waals surface area (Å²) in [7, 11) is 0. The summed E-state index contributed by atoms with van der Waals surface area (Å²) in [5.74, 6) is 1.66. The summed E-state index contributed by atoms with van der Waals surface area (Å²) in [6.07, 6.45) is 0. The third kappa shape index (κ3) is 3.92. The van der Waals surface area contributed by atoms with Crippen molar-refractivity contribution in [1.29, 1.82) is 0 Å². The van der Waals surface area contributed by atoms with Crippen molar-refractivity contribution in [2.45, 2.75) is 20.8 Å². The predicted octanol–water partition coefficient (Wildman–Crippen LogP) is 3.65. The van der Waals surface area contributed by atoms with Gasteiger partial charge in [0.2, 0.25) is 0 Å². The quantitative estimate of drug-likeness (QED) is 0.667. The third-order valence-corrected chi connectivity index (χ3v) is 3.07. The fourth-order valence-electron chi connectivity index (χ4n) is 2.04. The number of aryl methyl sites for hydroxylation is 3. The molecule has 2 rings (SSSR count). The molecule has 0 aliphatic heterocycles. The molecule has 0 amide bonds. The smallest absolute Gasteiger partial charge is 0.122 e. The summed E-state index contributed by atoms with van der Waals surface area (Å²) in [5, 5.41) is 0. The Balaban J connectivity index is 1.82. The van der Waals surface area contributed by atoms with Crippen molar-refractivity contribution in [3.63, 3.8) is 0 Å². The van der Waals surface area contributed by atoms with Crippen LogP contribution in [0.1, 0.15) is 16.7 Å². The van der Waals surface area contributed by atoms with Gasteiger partial charge < -0.3 is 15.2 Å². The molecule has 0 fully saturated rings. The van der Waals surface area contributed by atoms with E-state index in [1.165, 1.54) is 11.1 Å². The topological polar surface area (TPSA) is 44.5 Å². The maximum atomic E-state index is 5.84. The molecule has 0 atom stereocenters. The van der Waals surface area contributed by atoms with E-state index in [2.05, 4.69) is 19.9 Å². The molecule has 0 aliphatic rings. The highest BCUT2D eigenvalue weighted by molar-refractivity contribution is 5.50.